The molecule has 0 spiro atoms. The number of thiocarbonyl (C=S) groups is 1. The molecular formula is C11H6BrN3O2S2. The Morgan fingerprint density at radius 3 is 2.89 bits per heavy atom. The fourth-order valence-electron chi connectivity index (χ4n) is 1.77. The van der Waals surface area contributed by atoms with Gasteiger partial charge in [0.25, 0.3) is 11.8 Å². The number of carbonyl (C=O) groups excluding carboxylic acids is 2. The van der Waals surface area contributed by atoms with Crippen LogP contribution < -0.4 is 5.32 Å². The number of thioether (sulfide) groups is 1. The van der Waals surface area contributed by atoms with Crippen LogP contribution in [0.2, 0.25) is 0 Å². The second-order valence-corrected chi connectivity index (χ2v) is 6.38. The minimum absolute atomic E-state index is 0.203. The van der Waals surface area contributed by atoms with Gasteiger partial charge in [-0.1, -0.05) is 39.9 Å². The number of hydrogen-bond donors (Lipinski definition) is 1. The summed E-state index contributed by atoms with van der Waals surface area (Å²) in [6.45, 7) is 0. The SMILES string of the molecule is O=C1Nc2ccc(Br)cc2/C1=N\N1C(=O)CSC1=S. The van der Waals surface area contributed by atoms with Gasteiger partial charge in [0.2, 0.25) is 0 Å². The monoisotopic (exact) mass is 355 g/mol. The van der Waals surface area contributed by atoms with Crippen LogP contribution in [0.1, 0.15) is 5.56 Å². The maximum Gasteiger partial charge on any atom is 0.276 e. The molecule has 2 aliphatic rings. The van der Waals surface area contributed by atoms with Crippen molar-refractivity contribution < 1.29 is 9.59 Å². The van der Waals surface area contributed by atoms with Crippen LogP contribution in [0.25, 0.3) is 0 Å². The number of anilines is 1. The van der Waals surface area contributed by atoms with Crippen molar-refractivity contribution in [3.05, 3.63) is 28.2 Å². The summed E-state index contributed by atoms with van der Waals surface area (Å²) >= 11 is 9.62. The number of benzene rings is 1. The van der Waals surface area contributed by atoms with Crippen molar-refractivity contribution in [3.8, 4) is 0 Å². The van der Waals surface area contributed by atoms with E-state index in [4.69, 9.17) is 12.2 Å². The van der Waals surface area contributed by atoms with Crippen LogP contribution in [0.3, 0.4) is 0 Å². The van der Waals surface area contributed by atoms with Crippen LogP contribution in [0.15, 0.2) is 27.8 Å². The Bertz CT molecular complexity index is 643. The van der Waals surface area contributed by atoms with Gasteiger partial charge in [0.15, 0.2) is 10.0 Å². The van der Waals surface area contributed by atoms with Crippen molar-refractivity contribution >= 4 is 67.4 Å². The summed E-state index contributed by atoms with van der Waals surface area (Å²) in [7, 11) is 0. The average Bonchev–Trinajstić information content (AvgIpc) is 2.84. The zero-order valence-corrected chi connectivity index (χ0v) is 12.6. The molecule has 5 nitrogen and oxygen atoms in total. The van der Waals surface area contributed by atoms with Crippen LogP contribution >= 0.6 is 39.9 Å². The summed E-state index contributed by atoms with van der Waals surface area (Å²) in [4.78, 5) is 23.5. The molecule has 0 aromatic heterocycles. The maximum absolute atomic E-state index is 11.9. The highest BCUT2D eigenvalue weighted by Gasteiger charge is 2.32. The van der Waals surface area contributed by atoms with Crippen LogP contribution in [-0.2, 0) is 9.59 Å². The van der Waals surface area contributed by atoms with Gasteiger partial charge in [-0.05, 0) is 18.2 Å². The number of rotatable bonds is 1. The summed E-state index contributed by atoms with van der Waals surface area (Å²) in [5, 5.41) is 7.92. The standard InChI is InChI=1S/C11H6BrN3O2S2/c12-5-1-2-7-6(3-5)9(10(17)13-7)14-15-8(16)4-19-11(15)18/h1-3H,4H2,(H,13,14,17). The van der Waals surface area contributed by atoms with E-state index in [1.54, 1.807) is 12.1 Å². The summed E-state index contributed by atoms with van der Waals surface area (Å²) in [5.74, 6) is -0.276. The molecule has 96 valence electrons. The molecule has 2 heterocycles. The number of amides is 2. The number of nitrogens with one attached hydrogen (secondary N) is 1. The van der Waals surface area contributed by atoms with Crippen LogP contribution in [0.5, 0.6) is 0 Å². The van der Waals surface area contributed by atoms with Crippen molar-refractivity contribution in [2.24, 2.45) is 5.10 Å². The molecule has 2 aliphatic heterocycles. The maximum atomic E-state index is 11.9. The van der Waals surface area contributed by atoms with Gasteiger partial charge in [0.05, 0.1) is 11.4 Å². The van der Waals surface area contributed by atoms with Gasteiger partial charge in [-0.15, -0.1) is 0 Å². The Balaban J connectivity index is 2.06. The zero-order valence-electron chi connectivity index (χ0n) is 9.34. The summed E-state index contributed by atoms with van der Waals surface area (Å²) in [6.07, 6.45) is 0. The van der Waals surface area contributed by atoms with Crippen LogP contribution in [0, 0.1) is 0 Å². The first-order valence-corrected chi connectivity index (χ1v) is 7.44. The van der Waals surface area contributed by atoms with Gasteiger partial charge in [-0.25, -0.2) is 0 Å². The molecule has 1 fully saturated rings. The molecule has 2 amide bonds. The molecule has 19 heavy (non-hydrogen) atoms. The van der Waals surface area contributed by atoms with Crippen molar-refractivity contribution in [3.63, 3.8) is 0 Å². The molecule has 0 saturated carbocycles. The Kier molecular flexibility index (Phi) is 3.15. The van der Waals surface area contributed by atoms with Crippen molar-refractivity contribution in [2.45, 2.75) is 0 Å². The first kappa shape index (κ1) is 12.8. The van der Waals surface area contributed by atoms with E-state index >= 15 is 0 Å². The summed E-state index contributed by atoms with van der Waals surface area (Å²) in [6, 6.07) is 5.38. The molecule has 0 atom stereocenters. The molecule has 1 aromatic carbocycles. The molecule has 0 aliphatic carbocycles. The van der Waals surface area contributed by atoms with E-state index in [9.17, 15) is 9.59 Å². The smallest absolute Gasteiger partial charge is 0.276 e. The van der Waals surface area contributed by atoms with E-state index in [0.29, 0.717) is 15.6 Å². The second-order valence-electron chi connectivity index (χ2n) is 3.85. The molecule has 0 unspecified atom stereocenters. The quantitative estimate of drug-likeness (QED) is 0.782. The van der Waals surface area contributed by atoms with Gasteiger partial charge in [0, 0.05) is 10.0 Å². The lowest BCUT2D eigenvalue weighted by Gasteiger charge is -2.08. The normalized spacial score (nSPS) is 20.2. The highest BCUT2D eigenvalue weighted by molar-refractivity contribution is 9.10. The molecule has 0 radical (unpaired) electrons. The highest BCUT2D eigenvalue weighted by Crippen LogP contribution is 2.28. The molecule has 1 N–H and O–H groups in total. The predicted octanol–water partition coefficient (Wildman–Crippen LogP) is 1.97. The Morgan fingerprint density at radius 1 is 1.42 bits per heavy atom. The van der Waals surface area contributed by atoms with Gasteiger partial charge < -0.3 is 5.32 Å². The fraction of sp³-hybridized carbons (Fsp3) is 0.0909. The van der Waals surface area contributed by atoms with Gasteiger partial charge in [0.1, 0.15) is 0 Å². The van der Waals surface area contributed by atoms with Gasteiger partial charge in [-0.2, -0.15) is 10.1 Å². The molecule has 8 heteroatoms. The topological polar surface area (TPSA) is 61.8 Å². The fourth-order valence-corrected chi connectivity index (χ4v) is 3.08. The third kappa shape index (κ3) is 2.19. The number of fused-ring (bicyclic) bond motifs is 1. The Labute approximate surface area is 126 Å². The first-order valence-electron chi connectivity index (χ1n) is 5.26. The second kappa shape index (κ2) is 4.69. The Hall–Kier alpha value is -1.25. The lowest BCUT2D eigenvalue weighted by atomic mass is 10.1. The van der Waals surface area contributed by atoms with Crippen LogP contribution in [0.4, 0.5) is 5.69 Å². The summed E-state index contributed by atoms with van der Waals surface area (Å²) in [5.41, 5.74) is 1.54. The third-order valence-electron chi connectivity index (χ3n) is 2.63. The van der Waals surface area contributed by atoms with E-state index in [1.807, 2.05) is 6.07 Å². The van der Waals surface area contributed by atoms with Crippen molar-refractivity contribution in [2.75, 3.05) is 11.1 Å². The molecule has 0 bridgehead atoms. The van der Waals surface area contributed by atoms with Crippen molar-refractivity contribution in [1.82, 2.24) is 5.01 Å². The Morgan fingerprint density at radius 2 is 2.21 bits per heavy atom. The lowest BCUT2D eigenvalue weighted by Crippen LogP contribution is -2.27. The largest absolute Gasteiger partial charge is 0.320 e. The predicted molar refractivity (Wildman–Crippen MR) is 81.2 cm³/mol. The number of hydrogen-bond acceptors (Lipinski definition) is 5. The molecule has 3 rings (SSSR count). The minimum atomic E-state index is -0.333. The minimum Gasteiger partial charge on any atom is -0.320 e. The van der Waals surface area contributed by atoms with Crippen molar-refractivity contribution in [1.29, 1.82) is 0 Å². The van der Waals surface area contributed by atoms with Gasteiger partial charge in [-0.3, -0.25) is 9.59 Å². The lowest BCUT2D eigenvalue weighted by molar-refractivity contribution is -0.124. The third-order valence-corrected chi connectivity index (χ3v) is 4.46. The highest BCUT2D eigenvalue weighted by atomic mass is 79.9. The average molecular weight is 356 g/mol. The van der Waals surface area contributed by atoms with Gasteiger partial charge >= 0.3 is 0 Å². The summed E-state index contributed by atoms with van der Waals surface area (Å²) < 4.78 is 1.20. The van der Waals surface area contributed by atoms with E-state index in [1.165, 1.54) is 11.8 Å². The van der Waals surface area contributed by atoms with Crippen LogP contribution in [-0.4, -0.2) is 32.6 Å². The molecule has 1 saturated heterocycles. The zero-order chi connectivity index (χ0) is 13.6. The van der Waals surface area contributed by atoms with E-state index < -0.39 is 0 Å². The number of nitrogens with zero attached hydrogens (tertiary/aromatic N) is 2. The van der Waals surface area contributed by atoms with E-state index in [2.05, 4.69) is 26.3 Å². The van der Waals surface area contributed by atoms with E-state index in [-0.39, 0.29) is 23.3 Å². The molecular weight excluding hydrogens is 350 g/mol. The molecule has 1 aromatic rings. The number of carbonyl (C=O) groups is 2. The number of hydrazone groups is 1. The number of halogens is 1. The first-order chi connectivity index (χ1) is 9.06. The van der Waals surface area contributed by atoms with E-state index in [0.717, 1.165) is 9.48 Å².